The lowest BCUT2D eigenvalue weighted by atomic mass is 9.58. The van der Waals surface area contributed by atoms with Crippen LogP contribution in [-0.4, -0.2) is 34.8 Å². The van der Waals surface area contributed by atoms with Crippen LogP contribution in [0.15, 0.2) is 60.7 Å². The van der Waals surface area contributed by atoms with Gasteiger partial charge in [0, 0.05) is 28.1 Å². The monoisotopic (exact) mass is 582 g/mol. The van der Waals surface area contributed by atoms with Gasteiger partial charge in [-0.1, -0.05) is 47.5 Å². The number of carbonyl (C=O) groups is 3. The molecule has 9 heteroatoms. The fraction of sp³-hybridized carbons (Fsp3) is 0.323. The predicted molar refractivity (Wildman–Crippen MR) is 152 cm³/mol. The number of halogens is 3. The molecule has 0 unspecified atom stereocenters. The molecule has 2 aliphatic heterocycles. The molecule has 0 radical (unpaired) electrons. The van der Waals surface area contributed by atoms with E-state index in [-0.39, 0.29) is 18.2 Å². The number of anilines is 1. The maximum atomic E-state index is 14.9. The third-order valence-corrected chi connectivity index (χ3v) is 8.02. The Morgan fingerprint density at radius 1 is 1.07 bits per heavy atom. The van der Waals surface area contributed by atoms with Crippen LogP contribution in [0.2, 0.25) is 10.0 Å². The minimum atomic E-state index is -1.45. The SMILES string of the molecule is Cc1ccc(F)cc1[C@H]1N(CC(=O)OC(C)(C)C)C(=O)C[C@@H](c2cccc(Cl)c2)[C@]12C(=O)Nc1cc(Cl)ccc12. The van der Waals surface area contributed by atoms with E-state index in [9.17, 15) is 18.8 Å². The molecular weight excluding hydrogens is 554 g/mol. The van der Waals surface area contributed by atoms with Gasteiger partial charge < -0.3 is 15.0 Å². The standard InChI is InChI=1S/C31H29Cl2FN2O4/c1-17-8-10-21(34)14-22(17)28-31(23-11-9-20(33)13-25(23)35-29(31)39)24(18-6-5-7-19(32)12-18)15-26(37)36(28)16-27(38)40-30(2,3)4/h5-14,24,28H,15-16H2,1-4H3,(H,35,39)/t24-,28+,31-/m0/s1. The minimum absolute atomic E-state index is 0.0938. The van der Waals surface area contributed by atoms with Crippen LogP contribution in [0, 0.1) is 12.7 Å². The second-order valence-corrected chi connectivity index (χ2v) is 12.2. The van der Waals surface area contributed by atoms with Crippen molar-refractivity contribution in [3.63, 3.8) is 0 Å². The van der Waals surface area contributed by atoms with Crippen molar-refractivity contribution in [2.45, 2.75) is 57.1 Å². The summed E-state index contributed by atoms with van der Waals surface area (Å²) in [6.07, 6.45) is -0.0938. The lowest BCUT2D eigenvalue weighted by Gasteiger charge is -2.51. The van der Waals surface area contributed by atoms with Gasteiger partial charge in [-0.25, -0.2) is 4.39 Å². The number of rotatable bonds is 4. The first-order chi connectivity index (χ1) is 18.8. The summed E-state index contributed by atoms with van der Waals surface area (Å²) < 4.78 is 20.5. The van der Waals surface area contributed by atoms with Crippen molar-refractivity contribution < 1.29 is 23.5 Å². The van der Waals surface area contributed by atoms with E-state index in [4.69, 9.17) is 27.9 Å². The average Bonchev–Trinajstić information content (AvgIpc) is 3.13. The molecule has 3 aromatic rings. The van der Waals surface area contributed by atoms with Crippen LogP contribution in [-0.2, 0) is 24.5 Å². The Labute approximate surface area is 242 Å². The zero-order valence-corrected chi connectivity index (χ0v) is 24.1. The van der Waals surface area contributed by atoms with Crippen LogP contribution >= 0.6 is 23.2 Å². The Bertz CT molecular complexity index is 1540. The molecule has 1 spiro atoms. The number of hydrogen-bond donors (Lipinski definition) is 1. The van der Waals surface area contributed by atoms with E-state index in [0.29, 0.717) is 38.0 Å². The lowest BCUT2D eigenvalue weighted by Crippen LogP contribution is -2.59. The van der Waals surface area contributed by atoms with Crippen molar-refractivity contribution in [1.29, 1.82) is 0 Å². The van der Waals surface area contributed by atoms with Gasteiger partial charge in [-0.3, -0.25) is 14.4 Å². The van der Waals surface area contributed by atoms with Crippen molar-refractivity contribution in [2.24, 2.45) is 0 Å². The number of benzene rings is 3. The number of ether oxygens (including phenoxy) is 1. The number of amides is 2. The van der Waals surface area contributed by atoms with Crippen molar-refractivity contribution in [1.82, 2.24) is 4.90 Å². The highest BCUT2D eigenvalue weighted by molar-refractivity contribution is 6.31. The molecule has 2 amide bonds. The fourth-order valence-corrected chi connectivity index (χ4v) is 6.47. The third kappa shape index (κ3) is 4.86. The van der Waals surface area contributed by atoms with E-state index in [0.717, 1.165) is 0 Å². The summed E-state index contributed by atoms with van der Waals surface area (Å²) in [6, 6.07) is 15.3. The number of fused-ring (bicyclic) bond motifs is 2. The van der Waals surface area contributed by atoms with E-state index in [1.54, 1.807) is 70.2 Å². The summed E-state index contributed by atoms with van der Waals surface area (Å²) in [4.78, 5) is 42.9. The van der Waals surface area contributed by atoms with Crippen LogP contribution in [0.3, 0.4) is 0 Å². The molecule has 0 aliphatic carbocycles. The highest BCUT2D eigenvalue weighted by Crippen LogP contribution is 2.60. The largest absolute Gasteiger partial charge is 0.459 e. The average molecular weight is 583 g/mol. The Morgan fingerprint density at radius 3 is 2.50 bits per heavy atom. The van der Waals surface area contributed by atoms with Crippen molar-refractivity contribution in [2.75, 3.05) is 11.9 Å². The normalized spacial score (nSPS) is 22.3. The first-order valence-corrected chi connectivity index (χ1v) is 13.7. The second kappa shape index (κ2) is 10.2. The van der Waals surface area contributed by atoms with Gasteiger partial charge in [0.15, 0.2) is 0 Å². The van der Waals surface area contributed by atoms with Gasteiger partial charge in [0.1, 0.15) is 23.4 Å². The molecule has 5 rings (SSSR count). The highest BCUT2D eigenvalue weighted by Gasteiger charge is 2.63. The van der Waals surface area contributed by atoms with Gasteiger partial charge in [0.25, 0.3) is 0 Å². The molecule has 40 heavy (non-hydrogen) atoms. The van der Waals surface area contributed by atoms with Gasteiger partial charge in [-0.15, -0.1) is 0 Å². The molecule has 1 saturated heterocycles. The predicted octanol–water partition coefficient (Wildman–Crippen LogP) is 6.73. The Kier molecular flexibility index (Phi) is 7.17. The third-order valence-electron chi connectivity index (χ3n) is 7.55. The number of likely N-dealkylation sites (tertiary alicyclic amines) is 1. The minimum Gasteiger partial charge on any atom is -0.459 e. The van der Waals surface area contributed by atoms with Gasteiger partial charge in [0.05, 0.1) is 6.04 Å². The highest BCUT2D eigenvalue weighted by atomic mass is 35.5. The molecule has 0 aromatic heterocycles. The zero-order chi connectivity index (χ0) is 29.0. The number of nitrogens with zero attached hydrogens (tertiary/aromatic N) is 1. The number of esters is 1. The first kappa shape index (κ1) is 28.1. The smallest absolute Gasteiger partial charge is 0.326 e. The summed E-state index contributed by atoms with van der Waals surface area (Å²) in [5, 5.41) is 3.84. The van der Waals surface area contributed by atoms with Gasteiger partial charge in [-0.2, -0.15) is 0 Å². The number of aryl methyl sites for hydroxylation is 1. The molecule has 3 aromatic carbocycles. The molecule has 1 fully saturated rings. The topological polar surface area (TPSA) is 75.7 Å². The Hall–Kier alpha value is -3.42. The maximum absolute atomic E-state index is 14.9. The van der Waals surface area contributed by atoms with E-state index < -0.39 is 41.3 Å². The number of nitrogens with one attached hydrogen (secondary N) is 1. The summed E-state index contributed by atoms with van der Waals surface area (Å²) in [5.74, 6) is -2.61. The molecule has 2 heterocycles. The number of piperidine rings is 1. The second-order valence-electron chi connectivity index (χ2n) is 11.3. The van der Waals surface area contributed by atoms with Crippen molar-refractivity contribution >= 4 is 46.7 Å². The summed E-state index contributed by atoms with van der Waals surface area (Å²) in [5.41, 5.74) is 0.609. The van der Waals surface area contributed by atoms with E-state index >= 15 is 0 Å². The molecule has 6 nitrogen and oxygen atoms in total. The molecule has 0 saturated carbocycles. The number of hydrogen-bond acceptors (Lipinski definition) is 4. The molecule has 3 atom stereocenters. The van der Waals surface area contributed by atoms with Crippen LogP contribution in [0.4, 0.5) is 10.1 Å². The first-order valence-electron chi connectivity index (χ1n) is 13.0. The maximum Gasteiger partial charge on any atom is 0.326 e. The molecule has 1 N–H and O–H groups in total. The van der Waals surface area contributed by atoms with Crippen molar-refractivity contribution in [3.05, 3.63) is 98.8 Å². The Balaban J connectivity index is 1.82. The summed E-state index contributed by atoms with van der Waals surface area (Å²) >= 11 is 12.7. The van der Waals surface area contributed by atoms with Crippen LogP contribution in [0.25, 0.3) is 0 Å². The van der Waals surface area contributed by atoms with Gasteiger partial charge >= 0.3 is 5.97 Å². The summed E-state index contributed by atoms with van der Waals surface area (Å²) in [7, 11) is 0. The quantitative estimate of drug-likeness (QED) is 0.346. The van der Waals surface area contributed by atoms with Crippen LogP contribution in [0.5, 0.6) is 0 Å². The van der Waals surface area contributed by atoms with Crippen LogP contribution < -0.4 is 5.32 Å². The van der Waals surface area contributed by atoms with E-state index in [2.05, 4.69) is 5.32 Å². The van der Waals surface area contributed by atoms with Gasteiger partial charge in [-0.05, 0) is 86.3 Å². The molecule has 208 valence electrons. The molecule has 2 aliphatic rings. The zero-order valence-electron chi connectivity index (χ0n) is 22.6. The molecular formula is C31H29Cl2FN2O4. The molecule has 0 bridgehead atoms. The Morgan fingerprint density at radius 2 is 1.80 bits per heavy atom. The van der Waals surface area contributed by atoms with E-state index in [1.165, 1.54) is 17.0 Å². The van der Waals surface area contributed by atoms with Crippen molar-refractivity contribution in [3.8, 4) is 0 Å². The fourth-order valence-electron chi connectivity index (χ4n) is 6.09. The van der Waals surface area contributed by atoms with E-state index in [1.807, 2.05) is 6.07 Å². The number of carbonyl (C=O) groups excluding carboxylic acids is 3. The van der Waals surface area contributed by atoms with Crippen LogP contribution in [0.1, 0.15) is 61.4 Å². The lowest BCUT2D eigenvalue weighted by molar-refractivity contribution is -0.164. The summed E-state index contributed by atoms with van der Waals surface area (Å²) in [6.45, 7) is 6.57. The van der Waals surface area contributed by atoms with Gasteiger partial charge in [0.2, 0.25) is 11.8 Å².